The van der Waals surface area contributed by atoms with E-state index in [0.29, 0.717) is 5.57 Å². The summed E-state index contributed by atoms with van der Waals surface area (Å²) in [6.45, 7) is 12.2. The molecule has 0 aliphatic heterocycles. The summed E-state index contributed by atoms with van der Waals surface area (Å²) >= 11 is 0. The zero-order valence-corrected chi connectivity index (χ0v) is 13.5. The second-order valence-electron chi connectivity index (χ2n) is 5.00. The van der Waals surface area contributed by atoms with Crippen molar-refractivity contribution in [3.05, 3.63) is 54.6 Å². The van der Waals surface area contributed by atoms with Crippen molar-refractivity contribution in [3.63, 3.8) is 0 Å². The van der Waals surface area contributed by atoms with E-state index in [9.17, 15) is 13.2 Å². The maximum absolute atomic E-state index is 12.7. The molecule has 0 aliphatic rings. The second kappa shape index (κ2) is 6.83. The minimum atomic E-state index is -3.76. The van der Waals surface area contributed by atoms with Gasteiger partial charge >= 0.3 is 0 Å². The number of Topliss-reactive ketones (excluding diaryl/α,β-unsaturated/α-hetero) is 1. The molecule has 0 aliphatic carbocycles. The van der Waals surface area contributed by atoms with Gasteiger partial charge < -0.3 is 0 Å². The van der Waals surface area contributed by atoms with E-state index >= 15 is 0 Å². The standard InChI is InChI=1S/C16H21NO3S/c1-6-11-17(14(5)16(18)12(2)3)21(19,20)15-9-7-13(4)8-10-15/h6-10,14H,1-2,11H2,3-5H3. The van der Waals surface area contributed by atoms with Crippen molar-refractivity contribution in [2.45, 2.75) is 31.7 Å². The summed E-state index contributed by atoms with van der Waals surface area (Å²) in [5.74, 6) is -0.299. The molecule has 1 rings (SSSR count). The van der Waals surface area contributed by atoms with E-state index in [1.807, 2.05) is 6.92 Å². The lowest BCUT2D eigenvalue weighted by Gasteiger charge is -2.26. The van der Waals surface area contributed by atoms with E-state index in [0.717, 1.165) is 9.87 Å². The van der Waals surface area contributed by atoms with Gasteiger partial charge in [0.2, 0.25) is 10.0 Å². The van der Waals surface area contributed by atoms with Gasteiger partial charge in [0.05, 0.1) is 10.9 Å². The predicted octanol–water partition coefficient (Wildman–Crippen LogP) is 2.71. The molecule has 0 saturated heterocycles. The average molecular weight is 307 g/mol. The highest BCUT2D eigenvalue weighted by atomic mass is 32.2. The second-order valence-corrected chi connectivity index (χ2v) is 6.89. The number of nitrogens with zero attached hydrogens (tertiary/aromatic N) is 1. The lowest BCUT2D eigenvalue weighted by molar-refractivity contribution is -0.118. The Kier molecular flexibility index (Phi) is 5.63. The number of carbonyl (C=O) groups is 1. The fourth-order valence-electron chi connectivity index (χ4n) is 1.92. The van der Waals surface area contributed by atoms with Crippen LogP contribution in [0.2, 0.25) is 0 Å². The fraction of sp³-hybridized carbons (Fsp3) is 0.312. The molecule has 0 N–H and O–H groups in total. The lowest BCUT2D eigenvalue weighted by Crippen LogP contribution is -2.43. The summed E-state index contributed by atoms with van der Waals surface area (Å²) in [6.07, 6.45) is 1.47. The molecular weight excluding hydrogens is 286 g/mol. The van der Waals surface area contributed by atoms with Crippen LogP contribution in [-0.4, -0.2) is 31.1 Å². The Morgan fingerprint density at radius 3 is 2.29 bits per heavy atom. The summed E-state index contributed by atoms with van der Waals surface area (Å²) in [5.41, 5.74) is 1.30. The first-order valence-electron chi connectivity index (χ1n) is 6.61. The Morgan fingerprint density at radius 1 is 1.33 bits per heavy atom. The highest BCUT2D eigenvalue weighted by Gasteiger charge is 2.32. The Labute approximate surface area is 126 Å². The van der Waals surface area contributed by atoms with Gasteiger partial charge in [-0.05, 0) is 38.5 Å². The number of aryl methyl sites for hydroxylation is 1. The van der Waals surface area contributed by atoms with E-state index in [4.69, 9.17) is 0 Å². The summed E-state index contributed by atoms with van der Waals surface area (Å²) in [5, 5.41) is 0. The number of rotatable bonds is 7. The van der Waals surface area contributed by atoms with Gasteiger partial charge in [-0.15, -0.1) is 6.58 Å². The van der Waals surface area contributed by atoms with Crippen LogP contribution < -0.4 is 0 Å². The van der Waals surface area contributed by atoms with Crippen molar-refractivity contribution < 1.29 is 13.2 Å². The van der Waals surface area contributed by atoms with Crippen LogP contribution in [0.1, 0.15) is 19.4 Å². The SMILES string of the molecule is C=CCN(C(C)C(=O)C(=C)C)S(=O)(=O)c1ccc(C)cc1. The van der Waals surface area contributed by atoms with Gasteiger partial charge in [0.15, 0.2) is 5.78 Å². The van der Waals surface area contributed by atoms with Crippen molar-refractivity contribution in [3.8, 4) is 0 Å². The van der Waals surface area contributed by atoms with E-state index in [1.165, 1.54) is 6.08 Å². The van der Waals surface area contributed by atoms with Gasteiger partial charge in [0.25, 0.3) is 0 Å². The van der Waals surface area contributed by atoms with Crippen LogP contribution in [0.4, 0.5) is 0 Å². The van der Waals surface area contributed by atoms with Crippen LogP contribution in [0.3, 0.4) is 0 Å². The number of ketones is 1. The first-order chi connectivity index (χ1) is 9.71. The average Bonchev–Trinajstić information content (AvgIpc) is 2.43. The molecule has 21 heavy (non-hydrogen) atoms. The van der Waals surface area contributed by atoms with Crippen LogP contribution in [0.15, 0.2) is 54.0 Å². The van der Waals surface area contributed by atoms with Gasteiger partial charge in [0, 0.05) is 6.54 Å². The van der Waals surface area contributed by atoms with E-state index in [1.54, 1.807) is 38.1 Å². The van der Waals surface area contributed by atoms with Gasteiger partial charge in [-0.25, -0.2) is 8.42 Å². The van der Waals surface area contributed by atoms with Crippen molar-refractivity contribution in [1.29, 1.82) is 0 Å². The first-order valence-corrected chi connectivity index (χ1v) is 8.05. The Bertz CT molecular complexity index is 645. The largest absolute Gasteiger partial charge is 0.293 e. The van der Waals surface area contributed by atoms with Crippen molar-refractivity contribution in [2.24, 2.45) is 0 Å². The van der Waals surface area contributed by atoms with Crippen molar-refractivity contribution in [1.82, 2.24) is 4.31 Å². The predicted molar refractivity (Wildman–Crippen MR) is 84.6 cm³/mol. The topological polar surface area (TPSA) is 54.5 Å². The van der Waals surface area contributed by atoms with Gasteiger partial charge in [-0.2, -0.15) is 4.31 Å². The Balaban J connectivity index is 3.26. The molecule has 0 amide bonds. The van der Waals surface area contributed by atoms with Gasteiger partial charge in [-0.3, -0.25) is 4.79 Å². The highest BCUT2D eigenvalue weighted by molar-refractivity contribution is 7.89. The summed E-state index contributed by atoms with van der Waals surface area (Å²) in [4.78, 5) is 12.2. The third-order valence-electron chi connectivity index (χ3n) is 3.17. The van der Waals surface area contributed by atoms with Crippen LogP contribution in [0.5, 0.6) is 0 Å². The molecule has 1 atom stereocenters. The third kappa shape index (κ3) is 3.89. The molecular formula is C16H21NO3S. The third-order valence-corrected chi connectivity index (χ3v) is 5.12. The van der Waals surface area contributed by atoms with E-state index in [-0.39, 0.29) is 17.2 Å². The van der Waals surface area contributed by atoms with E-state index < -0.39 is 16.1 Å². The molecule has 0 bridgehead atoms. The van der Waals surface area contributed by atoms with Crippen LogP contribution in [0, 0.1) is 6.92 Å². The Hall–Kier alpha value is -1.72. The van der Waals surface area contributed by atoms with Crippen LogP contribution >= 0.6 is 0 Å². The molecule has 0 saturated carbocycles. The monoisotopic (exact) mass is 307 g/mol. The molecule has 0 fully saturated rings. The molecule has 1 unspecified atom stereocenters. The molecule has 0 aromatic heterocycles. The molecule has 5 heteroatoms. The van der Waals surface area contributed by atoms with Crippen molar-refractivity contribution >= 4 is 15.8 Å². The zero-order valence-electron chi connectivity index (χ0n) is 12.7. The zero-order chi connectivity index (χ0) is 16.2. The molecule has 114 valence electrons. The maximum Gasteiger partial charge on any atom is 0.244 e. The summed E-state index contributed by atoms with van der Waals surface area (Å²) < 4.78 is 26.5. The normalized spacial score (nSPS) is 13.0. The fourth-order valence-corrected chi connectivity index (χ4v) is 3.49. The van der Waals surface area contributed by atoms with Gasteiger partial charge in [0.1, 0.15) is 0 Å². The van der Waals surface area contributed by atoms with E-state index in [2.05, 4.69) is 13.2 Å². The lowest BCUT2D eigenvalue weighted by atomic mass is 10.1. The number of hydrogen-bond donors (Lipinski definition) is 0. The summed E-state index contributed by atoms with van der Waals surface area (Å²) in [6, 6.07) is 5.72. The highest BCUT2D eigenvalue weighted by Crippen LogP contribution is 2.20. The molecule has 4 nitrogen and oxygen atoms in total. The van der Waals surface area contributed by atoms with Crippen LogP contribution in [-0.2, 0) is 14.8 Å². The minimum Gasteiger partial charge on any atom is -0.293 e. The van der Waals surface area contributed by atoms with Crippen molar-refractivity contribution in [2.75, 3.05) is 6.54 Å². The Morgan fingerprint density at radius 2 is 1.86 bits per heavy atom. The molecule has 0 radical (unpaired) electrons. The number of carbonyl (C=O) groups excluding carboxylic acids is 1. The molecule has 0 heterocycles. The minimum absolute atomic E-state index is 0.0659. The summed E-state index contributed by atoms with van der Waals surface area (Å²) in [7, 11) is -3.76. The number of hydrogen-bond acceptors (Lipinski definition) is 3. The number of sulfonamides is 1. The smallest absolute Gasteiger partial charge is 0.244 e. The maximum atomic E-state index is 12.7. The molecule has 1 aromatic carbocycles. The van der Waals surface area contributed by atoms with Crippen LogP contribution in [0.25, 0.3) is 0 Å². The van der Waals surface area contributed by atoms with Gasteiger partial charge in [-0.1, -0.05) is 30.4 Å². The first kappa shape index (κ1) is 17.3. The molecule has 1 aromatic rings. The number of benzene rings is 1. The molecule has 0 spiro atoms. The quantitative estimate of drug-likeness (QED) is 0.575.